The molecular weight excluding hydrogens is 188 g/mol. The molecule has 0 aromatic carbocycles. The maximum absolute atomic E-state index is 8.88. The minimum Gasteiger partial charge on any atom is -0.371 e. The zero-order valence-corrected chi connectivity index (χ0v) is 11.3. The van der Waals surface area contributed by atoms with Crippen molar-refractivity contribution >= 4 is 0 Å². The normalized spacial score (nSPS) is 15.4. The Morgan fingerprint density at radius 3 is 1.93 bits per heavy atom. The Bertz CT molecular complexity index is 168. The van der Waals surface area contributed by atoms with Crippen LogP contribution in [0.15, 0.2) is 0 Å². The van der Waals surface area contributed by atoms with E-state index in [4.69, 9.17) is 9.84 Å². The zero-order chi connectivity index (χ0) is 12.1. The first-order chi connectivity index (χ1) is 6.70. The third-order valence-electron chi connectivity index (χ3n) is 2.89. The van der Waals surface area contributed by atoms with Crippen molar-refractivity contribution in [3.63, 3.8) is 0 Å². The quantitative estimate of drug-likeness (QED) is 0.688. The summed E-state index contributed by atoms with van der Waals surface area (Å²) in [5, 5.41) is 8.88. The van der Waals surface area contributed by atoms with Crippen LogP contribution in [-0.2, 0) is 4.74 Å². The second kappa shape index (κ2) is 5.86. The van der Waals surface area contributed by atoms with E-state index in [2.05, 4.69) is 41.5 Å². The van der Waals surface area contributed by atoms with Gasteiger partial charge in [0.05, 0.1) is 6.10 Å². The average molecular weight is 216 g/mol. The van der Waals surface area contributed by atoms with E-state index in [1.165, 1.54) is 0 Å². The van der Waals surface area contributed by atoms with Crippen LogP contribution in [0.2, 0.25) is 0 Å². The van der Waals surface area contributed by atoms with Crippen LogP contribution in [0.5, 0.6) is 0 Å². The minimum atomic E-state index is -0.166. The predicted octanol–water partition coefficient (Wildman–Crippen LogP) is 3.58. The predicted molar refractivity (Wildman–Crippen MR) is 64.7 cm³/mol. The lowest BCUT2D eigenvalue weighted by Crippen LogP contribution is -2.27. The first kappa shape index (κ1) is 14.9. The van der Waals surface area contributed by atoms with Crippen molar-refractivity contribution in [3.05, 3.63) is 0 Å². The van der Waals surface area contributed by atoms with Gasteiger partial charge in [-0.15, -0.1) is 0 Å². The molecule has 0 aliphatic carbocycles. The number of rotatable bonds is 6. The SMILES string of the molecule is CCC(C)(C)CC(CC(C)(C)C)OCO. The van der Waals surface area contributed by atoms with E-state index in [0.717, 1.165) is 19.3 Å². The van der Waals surface area contributed by atoms with Crippen molar-refractivity contribution in [2.75, 3.05) is 6.79 Å². The summed E-state index contributed by atoms with van der Waals surface area (Å²) in [5.41, 5.74) is 0.550. The van der Waals surface area contributed by atoms with E-state index in [-0.39, 0.29) is 18.3 Å². The van der Waals surface area contributed by atoms with E-state index < -0.39 is 0 Å². The largest absolute Gasteiger partial charge is 0.371 e. The van der Waals surface area contributed by atoms with E-state index in [1.807, 2.05) is 0 Å². The lowest BCUT2D eigenvalue weighted by molar-refractivity contribution is -0.0777. The molecule has 0 spiro atoms. The fourth-order valence-corrected chi connectivity index (χ4v) is 1.74. The molecule has 0 saturated heterocycles. The summed E-state index contributed by atoms with van der Waals surface area (Å²) in [6.07, 6.45) is 3.32. The van der Waals surface area contributed by atoms with Gasteiger partial charge in [0.25, 0.3) is 0 Å². The highest BCUT2D eigenvalue weighted by Crippen LogP contribution is 2.32. The summed E-state index contributed by atoms with van der Waals surface area (Å²) in [4.78, 5) is 0. The summed E-state index contributed by atoms with van der Waals surface area (Å²) in [6.45, 7) is 13.2. The highest BCUT2D eigenvalue weighted by Gasteiger charge is 2.25. The van der Waals surface area contributed by atoms with Crippen molar-refractivity contribution in [2.24, 2.45) is 10.8 Å². The van der Waals surface area contributed by atoms with Crippen LogP contribution >= 0.6 is 0 Å². The van der Waals surface area contributed by atoms with Gasteiger partial charge in [-0.05, 0) is 23.7 Å². The van der Waals surface area contributed by atoms with Crippen LogP contribution in [0.25, 0.3) is 0 Å². The molecule has 0 aromatic heterocycles. The third kappa shape index (κ3) is 7.80. The smallest absolute Gasteiger partial charge is 0.143 e. The first-order valence-electron chi connectivity index (χ1n) is 5.92. The molecule has 1 unspecified atom stereocenters. The number of hydrogen-bond donors (Lipinski definition) is 1. The molecule has 0 amide bonds. The molecule has 1 N–H and O–H groups in total. The lowest BCUT2D eigenvalue weighted by Gasteiger charge is -2.32. The van der Waals surface area contributed by atoms with Crippen molar-refractivity contribution < 1.29 is 9.84 Å². The molecule has 92 valence electrons. The van der Waals surface area contributed by atoms with Crippen molar-refractivity contribution in [2.45, 2.75) is 66.9 Å². The van der Waals surface area contributed by atoms with Crippen LogP contribution in [0.1, 0.15) is 60.8 Å². The Hall–Kier alpha value is -0.0800. The van der Waals surface area contributed by atoms with Gasteiger partial charge in [0, 0.05) is 0 Å². The summed E-state index contributed by atoms with van der Waals surface area (Å²) < 4.78 is 5.41. The molecule has 15 heavy (non-hydrogen) atoms. The van der Waals surface area contributed by atoms with Crippen molar-refractivity contribution in [1.82, 2.24) is 0 Å². The third-order valence-corrected chi connectivity index (χ3v) is 2.89. The van der Waals surface area contributed by atoms with Crippen molar-refractivity contribution in [1.29, 1.82) is 0 Å². The summed E-state index contributed by atoms with van der Waals surface area (Å²) >= 11 is 0. The topological polar surface area (TPSA) is 29.5 Å². The molecule has 2 nitrogen and oxygen atoms in total. The van der Waals surface area contributed by atoms with E-state index in [9.17, 15) is 0 Å². The monoisotopic (exact) mass is 216 g/mol. The minimum absolute atomic E-state index is 0.166. The van der Waals surface area contributed by atoms with Crippen LogP contribution in [0, 0.1) is 10.8 Å². The Labute approximate surface area is 95.0 Å². The standard InChI is InChI=1S/C13H28O2/c1-7-13(5,6)9-11(15-10-14)8-12(2,3)4/h11,14H,7-10H2,1-6H3. The molecule has 0 aromatic rings. The lowest BCUT2D eigenvalue weighted by atomic mass is 9.79. The van der Waals surface area contributed by atoms with Crippen molar-refractivity contribution in [3.8, 4) is 0 Å². The average Bonchev–Trinajstić information content (AvgIpc) is 2.01. The van der Waals surface area contributed by atoms with Gasteiger partial charge >= 0.3 is 0 Å². The van der Waals surface area contributed by atoms with E-state index in [1.54, 1.807) is 0 Å². The van der Waals surface area contributed by atoms with Crippen LogP contribution in [-0.4, -0.2) is 18.0 Å². The van der Waals surface area contributed by atoms with Gasteiger partial charge < -0.3 is 9.84 Å². The van der Waals surface area contributed by atoms with E-state index >= 15 is 0 Å². The molecule has 2 heteroatoms. The summed E-state index contributed by atoms with van der Waals surface area (Å²) in [7, 11) is 0. The Balaban J connectivity index is 4.28. The molecule has 0 aliphatic rings. The second-order valence-corrected chi connectivity index (χ2v) is 6.40. The summed E-state index contributed by atoms with van der Waals surface area (Å²) in [6, 6.07) is 0. The van der Waals surface area contributed by atoms with Gasteiger partial charge in [-0.3, -0.25) is 0 Å². The van der Waals surface area contributed by atoms with Gasteiger partial charge in [0.15, 0.2) is 0 Å². The summed E-state index contributed by atoms with van der Waals surface area (Å²) in [5.74, 6) is 0. The number of aliphatic hydroxyl groups excluding tert-OH is 1. The highest BCUT2D eigenvalue weighted by molar-refractivity contribution is 4.76. The van der Waals surface area contributed by atoms with Gasteiger partial charge in [-0.1, -0.05) is 48.0 Å². The molecule has 0 bridgehead atoms. The molecular formula is C13H28O2. The molecule has 0 saturated carbocycles. The molecule has 0 aliphatic heterocycles. The van der Waals surface area contributed by atoms with Gasteiger partial charge in [0.2, 0.25) is 0 Å². The molecule has 0 rings (SSSR count). The maximum atomic E-state index is 8.88. The molecule has 0 fully saturated rings. The number of ether oxygens (including phenoxy) is 1. The van der Waals surface area contributed by atoms with Gasteiger partial charge in [-0.25, -0.2) is 0 Å². The van der Waals surface area contributed by atoms with Crippen LogP contribution < -0.4 is 0 Å². The number of aliphatic hydroxyl groups is 1. The first-order valence-corrected chi connectivity index (χ1v) is 5.92. The van der Waals surface area contributed by atoms with Crippen LogP contribution in [0.4, 0.5) is 0 Å². The highest BCUT2D eigenvalue weighted by atomic mass is 16.6. The fourth-order valence-electron chi connectivity index (χ4n) is 1.74. The Morgan fingerprint density at radius 2 is 1.60 bits per heavy atom. The van der Waals surface area contributed by atoms with Gasteiger partial charge in [0.1, 0.15) is 6.79 Å². The molecule has 0 radical (unpaired) electrons. The van der Waals surface area contributed by atoms with Gasteiger partial charge in [-0.2, -0.15) is 0 Å². The molecule has 1 atom stereocenters. The van der Waals surface area contributed by atoms with E-state index in [0.29, 0.717) is 5.41 Å². The molecule has 0 heterocycles. The maximum Gasteiger partial charge on any atom is 0.143 e. The second-order valence-electron chi connectivity index (χ2n) is 6.40. The number of hydrogen-bond acceptors (Lipinski definition) is 2. The van der Waals surface area contributed by atoms with Crippen LogP contribution in [0.3, 0.4) is 0 Å². The fraction of sp³-hybridized carbons (Fsp3) is 1.00. The Morgan fingerprint density at radius 1 is 1.07 bits per heavy atom. The zero-order valence-electron chi connectivity index (χ0n) is 11.3. The Kier molecular flexibility index (Phi) is 5.82.